The Labute approximate surface area is 135 Å². The van der Waals surface area contributed by atoms with E-state index >= 15 is 0 Å². The van der Waals surface area contributed by atoms with Crippen molar-refractivity contribution in [1.29, 1.82) is 0 Å². The third-order valence-electron chi connectivity index (χ3n) is 3.99. The Bertz CT molecular complexity index is 785. The van der Waals surface area contributed by atoms with Gasteiger partial charge in [0.2, 0.25) is 0 Å². The van der Waals surface area contributed by atoms with Crippen molar-refractivity contribution in [1.82, 2.24) is 20.0 Å². The average molecular weight is 311 g/mol. The first kappa shape index (κ1) is 15.4. The first-order valence-corrected chi connectivity index (χ1v) is 7.59. The molecule has 1 aromatic carbocycles. The van der Waals surface area contributed by atoms with Crippen LogP contribution in [0.4, 0.5) is 5.82 Å². The molecule has 3 aromatic rings. The largest absolute Gasteiger partial charge is 0.364 e. The highest BCUT2D eigenvalue weighted by atomic mass is 16.5. The minimum atomic E-state index is 0.131. The van der Waals surface area contributed by atoms with Gasteiger partial charge in [-0.15, -0.1) is 0 Å². The van der Waals surface area contributed by atoms with Gasteiger partial charge in [0.1, 0.15) is 23.6 Å². The van der Waals surface area contributed by atoms with E-state index in [2.05, 4.69) is 23.0 Å². The predicted molar refractivity (Wildman–Crippen MR) is 90.3 cm³/mol. The van der Waals surface area contributed by atoms with E-state index in [0.717, 1.165) is 28.2 Å². The van der Waals surface area contributed by atoms with Crippen LogP contribution in [0.25, 0.3) is 10.9 Å². The zero-order chi connectivity index (χ0) is 16.4. The van der Waals surface area contributed by atoms with Gasteiger partial charge in [-0.05, 0) is 26.1 Å². The van der Waals surface area contributed by atoms with E-state index in [-0.39, 0.29) is 6.04 Å². The minimum absolute atomic E-state index is 0.131. The van der Waals surface area contributed by atoms with Crippen molar-refractivity contribution in [2.45, 2.75) is 19.5 Å². The maximum absolute atomic E-state index is 4.93. The van der Waals surface area contributed by atoms with Crippen molar-refractivity contribution in [3.05, 3.63) is 48.1 Å². The number of anilines is 1. The second kappa shape index (κ2) is 6.34. The topological polar surface area (TPSA) is 58.3 Å². The van der Waals surface area contributed by atoms with Gasteiger partial charge < -0.3 is 9.42 Å². The van der Waals surface area contributed by atoms with Gasteiger partial charge in [-0.3, -0.25) is 4.90 Å². The number of hydrogen-bond acceptors (Lipinski definition) is 6. The highest BCUT2D eigenvalue weighted by molar-refractivity contribution is 5.89. The Balaban J connectivity index is 1.91. The summed E-state index contributed by atoms with van der Waals surface area (Å²) in [6.07, 6.45) is 1.59. The summed E-state index contributed by atoms with van der Waals surface area (Å²) in [7, 11) is 6.04. The highest BCUT2D eigenvalue weighted by Crippen LogP contribution is 2.24. The van der Waals surface area contributed by atoms with Crippen molar-refractivity contribution in [2.75, 3.05) is 26.0 Å². The molecule has 0 aliphatic heterocycles. The van der Waals surface area contributed by atoms with Crippen LogP contribution >= 0.6 is 0 Å². The zero-order valence-corrected chi connectivity index (χ0v) is 13.9. The van der Waals surface area contributed by atoms with Crippen LogP contribution in [0, 0.1) is 0 Å². The molecule has 0 spiro atoms. The Hall–Kier alpha value is -2.47. The normalized spacial score (nSPS) is 12.7. The fourth-order valence-corrected chi connectivity index (χ4v) is 2.54. The highest BCUT2D eigenvalue weighted by Gasteiger charge is 2.17. The Morgan fingerprint density at radius 1 is 1.09 bits per heavy atom. The standard InChI is InChI=1S/C17H21N5O/c1-12(14-9-10-23-20-14)22(4)11-16-18-15-8-6-5-7-13(15)17(19-16)21(2)3/h5-10,12H,11H2,1-4H3. The molecule has 0 amide bonds. The first-order valence-electron chi connectivity index (χ1n) is 7.59. The molecular formula is C17H21N5O. The van der Waals surface area contributed by atoms with Crippen LogP contribution in [0.3, 0.4) is 0 Å². The van der Waals surface area contributed by atoms with Crippen LogP contribution in [0.2, 0.25) is 0 Å². The quantitative estimate of drug-likeness (QED) is 0.722. The zero-order valence-electron chi connectivity index (χ0n) is 13.9. The van der Waals surface area contributed by atoms with Crippen molar-refractivity contribution in [2.24, 2.45) is 0 Å². The van der Waals surface area contributed by atoms with Crippen LogP contribution in [0.1, 0.15) is 24.5 Å². The van der Waals surface area contributed by atoms with Crippen LogP contribution < -0.4 is 4.90 Å². The number of rotatable bonds is 5. The molecule has 6 nitrogen and oxygen atoms in total. The summed E-state index contributed by atoms with van der Waals surface area (Å²) < 4.78 is 4.93. The van der Waals surface area contributed by atoms with Gasteiger partial charge in [0, 0.05) is 25.5 Å². The molecule has 2 aromatic heterocycles. The fraction of sp³-hybridized carbons (Fsp3) is 0.353. The van der Waals surface area contributed by atoms with Gasteiger partial charge in [-0.25, -0.2) is 9.97 Å². The predicted octanol–water partition coefficient (Wildman–Crippen LogP) is 2.88. The number of para-hydroxylation sites is 1. The van der Waals surface area contributed by atoms with Gasteiger partial charge >= 0.3 is 0 Å². The molecule has 0 N–H and O–H groups in total. The van der Waals surface area contributed by atoms with E-state index in [4.69, 9.17) is 14.5 Å². The van der Waals surface area contributed by atoms with Crippen LogP contribution in [0.5, 0.6) is 0 Å². The number of benzene rings is 1. The SMILES string of the molecule is CC(c1ccon1)N(C)Cc1nc(N(C)C)c2ccccc2n1. The molecule has 0 bridgehead atoms. The van der Waals surface area contributed by atoms with E-state index in [0.29, 0.717) is 6.54 Å². The average Bonchev–Trinajstić information content (AvgIpc) is 3.07. The van der Waals surface area contributed by atoms with Gasteiger partial charge in [-0.1, -0.05) is 17.3 Å². The lowest BCUT2D eigenvalue weighted by Gasteiger charge is -2.23. The van der Waals surface area contributed by atoms with Crippen molar-refractivity contribution >= 4 is 16.7 Å². The molecule has 0 saturated carbocycles. The monoisotopic (exact) mass is 311 g/mol. The Morgan fingerprint density at radius 2 is 1.87 bits per heavy atom. The van der Waals surface area contributed by atoms with Crippen molar-refractivity contribution in [3.8, 4) is 0 Å². The minimum Gasteiger partial charge on any atom is -0.364 e. The molecule has 23 heavy (non-hydrogen) atoms. The number of aromatic nitrogens is 3. The molecule has 1 unspecified atom stereocenters. The van der Waals surface area contributed by atoms with Gasteiger partial charge in [0.25, 0.3) is 0 Å². The maximum Gasteiger partial charge on any atom is 0.145 e. The van der Waals surface area contributed by atoms with Gasteiger partial charge in [-0.2, -0.15) is 0 Å². The van der Waals surface area contributed by atoms with Crippen molar-refractivity contribution in [3.63, 3.8) is 0 Å². The third-order valence-corrected chi connectivity index (χ3v) is 3.99. The van der Waals surface area contributed by atoms with E-state index in [1.165, 1.54) is 0 Å². The number of hydrogen-bond donors (Lipinski definition) is 0. The molecule has 0 aliphatic rings. The van der Waals surface area contributed by atoms with E-state index in [9.17, 15) is 0 Å². The van der Waals surface area contributed by atoms with E-state index in [1.54, 1.807) is 6.26 Å². The van der Waals surface area contributed by atoms with Crippen molar-refractivity contribution < 1.29 is 4.52 Å². The third kappa shape index (κ3) is 3.17. The molecular weight excluding hydrogens is 290 g/mol. The lowest BCUT2D eigenvalue weighted by atomic mass is 10.2. The van der Waals surface area contributed by atoms with E-state index < -0.39 is 0 Å². The second-order valence-electron chi connectivity index (χ2n) is 5.89. The van der Waals surface area contributed by atoms with Gasteiger partial charge in [0.15, 0.2) is 0 Å². The summed E-state index contributed by atoms with van der Waals surface area (Å²) in [4.78, 5) is 13.6. The van der Waals surface area contributed by atoms with Crippen LogP contribution in [-0.4, -0.2) is 41.2 Å². The number of nitrogens with zero attached hydrogens (tertiary/aromatic N) is 5. The molecule has 6 heteroatoms. The molecule has 0 aliphatic carbocycles. The summed E-state index contributed by atoms with van der Waals surface area (Å²) in [5.74, 6) is 1.73. The second-order valence-corrected chi connectivity index (χ2v) is 5.89. The first-order chi connectivity index (χ1) is 11.1. The van der Waals surface area contributed by atoms with E-state index in [1.807, 2.05) is 50.3 Å². The molecule has 1 atom stereocenters. The molecule has 2 heterocycles. The molecule has 0 fully saturated rings. The van der Waals surface area contributed by atoms with Crippen LogP contribution in [0.15, 0.2) is 41.1 Å². The summed E-state index contributed by atoms with van der Waals surface area (Å²) in [5, 5.41) is 5.07. The fourth-order valence-electron chi connectivity index (χ4n) is 2.54. The molecule has 3 rings (SSSR count). The summed E-state index contributed by atoms with van der Waals surface area (Å²) in [6.45, 7) is 2.73. The Morgan fingerprint density at radius 3 is 2.57 bits per heavy atom. The summed E-state index contributed by atoms with van der Waals surface area (Å²) in [6, 6.07) is 10.1. The Kier molecular flexibility index (Phi) is 4.25. The van der Waals surface area contributed by atoms with Gasteiger partial charge in [0.05, 0.1) is 18.1 Å². The lowest BCUT2D eigenvalue weighted by Crippen LogP contribution is -2.24. The maximum atomic E-state index is 4.93. The molecule has 120 valence electrons. The molecule has 0 saturated heterocycles. The van der Waals surface area contributed by atoms with Crippen LogP contribution in [-0.2, 0) is 6.54 Å². The smallest absolute Gasteiger partial charge is 0.145 e. The molecule has 0 radical (unpaired) electrons. The number of fused-ring (bicyclic) bond motifs is 1. The summed E-state index contributed by atoms with van der Waals surface area (Å²) >= 11 is 0. The summed E-state index contributed by atoms with van der Waals surface area (Å²) in [5.41, 5.74) is 1.87. The lowest BCUT2D eigenvalue weighted by molar-refractivity contribution is 0.235.